The number of aliphatic hydroxyl groups is 1. The lowest BCUT2D eigenvalue weighted by atomic mass is 9.99. The molecule has 0 amide bonds. The van der Waals surface area contributed by atoms with Crippen LogP contribution in [0.4, 0.5) is 0 Å². The van der Waals surface area contributed by atoms with Crippen molar-refractivity contribution in [1.82, 2.24) is 4.90 Å². The first-order valence-corrected chi connectivity index (χ1v) is 7.25. The molecule has 112 valence electrons. The van der Waals surface area contributed by atoms with Crippen molar-refractivity contribution >= 4 is 0 Å². The van der Waals surface area contributed by atoms with Crippen LogP contribution in [0, 0.1) is 0 Å². The fourth-order valence-corrected chi connectivity index (χ4v) is 2.73. The summed E-state index contributed by atoms with van der Waals surface area (Å²) in [5.74, 6) is 0.811. The summed E-state index contributed by atoms with van der Waals surface area (Å²) in [5, 5.41) is 10.5. The number of methoxy groups -OCH3 is 1. The Balaban J connectivity index is 2.00. The van der Waals surface area contributed by atoms with Gasteiger partial charge in [-0.25, -0.2) is 0 Å². The van der Waals surface area contributed by atoms with Crippen LogP contribution in [-0.2, 0) is 4.74 Å². The van der Waals surface area contributed by atoms with Gasteiger partial charge in [0.05, 0.1) is 13.2 Å². The van der Waals surface area contributed by atoms with Gasteiger partial charge in [-0.1, -0.05) is 12.1 Å². The highest BCUT2D eigenvalue weighted by Gasteiger charge is 2.27. The van der Waals surface area contributed by atoms with Crippen LogP contribution in [0.25, 0.3) is 0 Å². The van der Waals surface area contributed by atoms with Gasteiger partial charge in [0.25, 0.3) is 0 Å². The number of benzene rings is 1. The fraction of sp³-hybridized carbons (Fsp3) is 0.625. The minimum absolute atomic E-state index is 0.0755. The second-order valence-corrected chi connectivity index (χ2v) is 5.47. The van der Waals surface area contributed by atoms with Crippen molar-refractivity contribution in [2.24, 2.45) is 0 Å². The molecule has 1 aliphatic rings. The third-order valence-corrected chi connectivity index (χ3v) is 4.32. The summed E-state index contributed by atoms with van der Waals surface area (Å²) in [7, 11) is 3.74. The van der Waals surface area contributed by atoms with Gasteiger partial charge in [0.2, 0.25) is 0 Å². The molecule has 4 heteroatoms. The minimum atomic E-state index is -0.492. The molecule has 20 heavy (non-hydrogen) atoms. The second kappa shape index (κ2) is 7.07. The molecule has 0 saturated carbocycles. The van der Waals surface area contributed by atoms with Crippen molar-refractivity contribution in [3.8, 4) is 5.75 Å². The average Bonchev–Trinajstić information content (AvgIpc) is 2.53. The van der Waals surface area contributed by atoms with Gasteiger partial charge in [0.1, 0.15) is 5.75 Å². The molecule has 1 aromatic rings. The van der Waals surface area contributed by atoms with Crippen molar-refractivity contribution in [3.05, 3.63) is 29.8 Å². The molecule has 0 radical (unpaired) electrons. The first-order chi connectivity index (χ1) is 9.63. The molecule has 0 spiro atoms. The highest BCUT2D eigenvalue weighted by atomic mass is 16.5. The Morgan fingerprint density at radius 1 is 1.25 bits per heavy atom. The molecule has 1 fully saturated rings. The molecule has 0 aromatic heterocycles. The number of hydrogen-bond donors (Lipinski definition) is 1. The number of rotatable bonds is 5. The zero-order valence-corrected chi connectivity index (χ0v) is 12.6. The normalized spacial score (nSPS) is 19.9. The van der Waals surface area contributed by atoms with Gasteiger partial charge < -0.3 is 14.6 Å². The van der Waals surface area contributed by atoms with E-state index in [4.69, 9.17) is 9.47 Å². The SMILES string of the molecule is COc1ccc(C(O)C(C)N(C)C2CCOCC2)cc1. The van der Waals surface area contributed by atoms with E-state index in [9.17, 15) is 5.11 Å². The Hall–Kier alpha value is -1.10. The summed E-state index contributed by atoms with van der Waals surface area (Å²) >= 11 is 0. The molecular weight excluding hydrogens is 254 g/mol. The number of hydrogen-bond acceptors (Lipinski definition) is 4. The topological polar surface area (TPSA) is 41.9 Å². The molecule has 2 rings (SSSR count). The summed E-state index contributed by atoms with van der Waals surface area (Å²) < 4.78 is 10.5. The van der Waals surface area contributed by atoms with Gasteiger partial charge in [-0.15, -0.1) is 0 Å². The van der Waals surface area contributed by atoms with Crippen LogP contribution >= 0.6 is 0 Å². The monoisotopic (exact) mass is 279 g/mol. The number of ether oxygens (including phenoxy) is 2. The van der Waals surface area contributed by atoms with Crippen LogP contribution in [0.1, 0.15) is 31.4 Å². The van der Waals surface area contributed by atoms with Gasteiger partial charge in [-0.05, 0) is 44.5 Å². The van der Waals surface area contributed by atoms with Crippen molar-refractivity contribution in [2.45, 2.75) is 38.0 Å². The van der Waals surface area contributed by atoms with Crippen molar-refractivity contribution in [2.75, 3.05) is 27.4 Å². The van der Waals surface area contributed by atoms with Gasteiger partial charge in [0, 0.05) is 25.3 Å². The van der Waals surface area contributed by atoms with E-state index in [1.54, 1.807) is 7.11 Å². The van der Waals surface area contributed by atoms with Crippen molar-refractivity contribution in [1.29, 1.82) is 0 Å². The average molecular weight is 279 g/mol. The zero-order valence-electron chi connectivity index (χ0n) is 12.6. The second-order valence-electron chi connectivity index (χ2n) is 5.47. The van der Waals surface area contributed by atoms with E-state index in [2.05, 4.69) is 18.9 Å². The molecule has 1 N–H and O–H groups in total. The van der Waals surface area contributed by atoms with E-state index < -0.39 is 6.10 Å². The molecule has 1 saturated heterocycles. The number of likely N-dealkylation sites (N-methyl/N-ethyl adjacent to an activating group) is 1. The Labute approximate surface area is 121 Å². The minimum Gasteiger partial charge on any atom is -0.497 e. The van der Waals surface area contributed by atoms with Gasteiger partial charge >= 0.3 is 0 Å². The third kappa shape index (κ3) is 3.51. The van der Waals surface area contributed by atoms with E-state index in [0.29, 0.717) is 6.04 Å². The summed E-state index contributed by atoms with van der Waals surface area (Å²) in [4.78, 5) is 2.28. The summed E-state index contributed by atoms with van der Waals surface area (Å²) in [6.45, 7) is 3.71. The van der Waals surface area contributed by atoms with Crippen molar-refractivity contribution < 1.29 is 14.6 Å². The van der Waals surface area contributed by atoms with E-state index in [1.165, 1.54) is 0 Å². The van der Waals surface area contributed by atoms with Crippen LogP contribution in [0.5, 0.6) is 5.75 Å². The Morgan fingerprint density at radius 2 is 1.85 bits per heavy atom. The molecule has 2 atom stereocenters. The Kier molecular flexibility index (Phi) is 5.40. The highest BCUT2D eigenvalue weighted by molar-refractivity contribution is 5.29. The van der Waals surface area contributed by atoms with Gasteiger partial charge in [-0.3, -0.25) is 4.90 Å². The number of aliphatic hydroxyl groups excluding tert-OH is 1. The number of nitrogens with zero attached hydrogens (tertiary/aromatic N) is 1. The molecule has 4 nitrogen and oxygen atoms in total. The molecule has 0 aliphatic carbocycles. The Bertz CT molecular complexity index is 401. The van der Waals surface area contributed by atoms with E-state index >= 15 is 0 Å². The Morgan fingerprint density at radius 3 is 2.40 bits per heavy atom. The smallest absolute Gasteiger partial charge is 0.118 e. The molecule has 1 aliphatic heterocycles. The van der Waals surface area contributed by atoms with Gasteiger partial charge in [-0.2, -0.15) is 0 Å². The highest BCUT2D eigenvalue weighted by Crippen LogP contribution is 2.25. The maximum absolute atomic E-state index is 10.5. The standard InChI is InChI=1S/C16H25NO3/c1-12(17(2)14-8-10-20-11-9-14)16(18)13-4-6-15(19-3)7-5-13/h4-7,12,14,16,18H,8-11H2,1-3H3. The third-order valence-electron chi connectivity index (χ3n) is 4.32. The largest absolute Gasteiger partial charge is 0.497 e. The lowest BCUT2D eigenvalue weighted by Gasteiger charge is -2.37. The first-order valence-electron chi connectivity index (χ1n) is 7.25. The molecule has 2 unspecified atom stereocenters. The summed E-state index contributed by atoms with van der Waals surface area (Å²) in [6.07, 6.45) is 1.58. The maximum Gasteiger partial charge on any atom is 0.118 e. The maximum atomic E-state index is 10.5. The van der Waals surface area contributed by atoms with Crippen LogP contribution in [0.15, 0.2) is 24.3 Å². The fourth-order valence-electron chi connectivity index (χ4n) is 2.73. The first kappa shape index (κ1) is 15.3. The lowest BCUT2D eigenvalue weighted by Crippen LogP contribution is -2.44. The van der Waals surface area contributed by atoms with Gasteiger partial charge in [0.15, 0.2) is 0 Å². The summed E-state index contributed by atoms with van der Waals surface area (Å²) in [6, 6.07) is 8.20. The van der Waals surface area contributed by atoms with Crippen LogP contribution in [0.2, 0.25) is 0 Å². The predicted octanol–water partition coefficient (Wildman–Crippen LogP) is 2.23. The molecule has 0 bridgehead atoms. The van der Waals surface area contributed by atoms with Crippen LogP contribution in [-0.4, -0.2) is 49.5 Å². The molecule has 1 heterocycles. The van der Waals surface area contributed by atoms with E-state index in [0.717, 1.165) is 37.4 Å². The van der Waals surface area contributed by atoms with Crippen LogP contribution < -0.4 is 4.74 Å². The van der Waals surface area contributed by atoms with E-state index in [1.807, 2.05) is 24.3 Å². The predicted molar refractivity (Wildman–Crippen MR) is 79.0 cm³/mol. The van der Waals surface area contributed by atoms with E-state index in [-0.39, 0.29) is 6.04 Å². The van der Waals surface area contributed by atoms with Crippen LogP contribution in [0.3, 0.4) is 0 Å². The quantitative estimate of drug-likeness (QED) is 0.897. The lowest BCUT2D eigenvalue weighted by molar-refractivity contribution is -0.00197. The molecule has 1 aromatic carbocycles. The zero-order chi connectivity index (χ0) is 14.5. The summed E-state index contributed by atoms with van der Waals surface area (Å²) in [5.41, 5.74) is 0.928. The molecular formula is C16H25NO3. The van der Waals surface area contributed by atoms with Crippen molar-refractivity contribution in [3.63, 3.8) is 0 Å².